The van der Waals surface area contributed by atoms with Gasteiger partial charge in [0.15, 0.2) is 11.9 Å². The number of carbonyl (C=O) groups is 3. The van der Waals surface area contributed by atoms with Crippen LogP contribution >= 0.6 is 0 Å². The molecule has 0 radical (unpaired) electrons. The first kappa shape index (κ1) is 19.8. The Kier molecular flexibility index (Phi) is 5.92. The molecule has 0 saturated heterocycles. The molecule has 0 aliphatic rings. The molecule has 6 nitrogen and oxygen atoms in total. The molecule has 0 amide bonds. The van der Waals surface area contributed by atoms with E-state index in [1.54, 1.807) is 32.0 Å². The van der Waals surface area contributed by atoms with Crippen molar-refractivity contribution in [2.45, 2.75) is 38.7 Å². The number of aromatic amines is 1. The number of rotatable bonds is 6. The van der Waals surface area contributed by atoms with E-state index in [1.807, 2.05) is 0 Å². The van der Waals surface area contributed by atoms with Gasteiger partial charge in [-0.15, -0.1) is 0 Å². The lowest BCUT2D eigenvalue weighted by molar-refractivity contribution is 0.0313. The molecule has 2 rings (SSSR count). The van der Waals surface area contributed by atoms with Gasteiger partial charge in [0.1, 0.15) is 0 Å². The normalized spacial score (nSPS) is 13.1. The fraction of sp³-hybridized carbons (Fsp3) is 0.316. The summed E-state index contributed by atoms with van der Waals surface area (Å²) < 4.78 is 17.0. The van der Waals surface area contributed by atoms with E-state index in [-0.39, 0.29) is 17.0 Å². The molecule has 7 heteroatoms. The molecule has 0 unspecified atom stereocenters. The number of esters is 1. The van der Waals surface area contributed by atoms with E-state index in [1.165, 1.54) is 26.2 Å². The van der Waals surface area contributed by atoms with Crippen molar-refractivity contribution in [2.75, 3.05) is 6.26 Å². The Morgan fingerprint density at radius 2 is 1.77 bits per heavy atom. The first-order valence-electron chi connectivity index (χ1n) is 8.02. The zero-order valence-corrected chi connectivity index (χ0v) is 16.2. The molecule has 0 fully saturated rings. The van der Waals surface area contributed by atoms with Crippen LogP contribution in [0.5, 0.6) is 0 Å². The van der Waals surface area contributed by atoms with Crippen LogP contribution in [0, 0.1) is 13.8 Å². The van der Waals surface area contributed by atoms with Gasteiger partial charge in [0.25, 0.3) is 0 Å². The summed E-state index contributed by atoms with van der Waals surface area (Å²) in [5.41, 5.74) is 2.03. The minimum Gasteiger partial charge on any atom is -0.451 e. The van der Waals surface area contributed by atoms with E-state index in [0.29, 0.717) is 21.7 Å². The van der Waals surface area contributed by atoms with Crippen molar-refractivity contribution in [1.29, 1.82) is 0 Å². The highest BCUT2D eigenvalue weighted by Crippen LogP contribution is 2.21. The summed E-state index contributed by atoms with van der Waals surface area (Å²) in [7, 11) is -1.36. The Morgan fingerprint density at radius 1 is 1.15 bits per heavy atom. The van der Waals surface area contributed by atoms with Crippen molar-refractivity contribution in [1.82, 2.24) is 4.98 Å². The van der Waals surface area contributed by atoms with Crippen molar-refractivity contribution in [3.8, 4) is 0 Å². The molecule has 26 heavy (non-hydrogen) atoms. The second-order valence-electron chi connectivity index (χ2n) is 6.04. The monoisotopic (exact) mass is 375 g/mol. The minimum absolute atomic E-state index is 0.140. The third-order valence-corrected chi connectivity index (χ3v) is 5.08. The van der Waals surface area contributed by atoms with Crippen molar-refractivity contribution in [3.63, 3.8) is 0 Å². The molecule has 0 aliphatic carbocycles. The average molecular weight is 375 g/mol. The molecular weight excluding hydrogens is 354 g/mol. The maximum absolute atomic E-state index is 12.7. The topological polar surface area (TPSA) is 93.3 Å². The molecule has 0 bridgehead atoms. The third kappa shape index (κ3) is 3.83. The summed E-state index contributed by atoms with van der Waals surface area (Å²) in [6, 6.07) is 6.40. The number of hydrogen-bond donors (Lipinski definition) is 1. The van der Waals surface area contributed by atoms with Crippen LogP contribution in [-0.2, 0) is 15.5 Å². The summed E-state index contributed by atoms with van der Waals surface area (Å²) in [5.74, 6) is -1.29. The number of aryl methyl sites for hydroxylation is 1. The predicted octanol–water partition coefficient (Wildman–Crippen LogP) is 3.00. The number of nitrogens with one attached hydrogen (secondary N) is 1. The lowest BCUT2D eigenvalue weighted by Crippen LogP contribution is -2.26. The lowest BCUT2D eigenvalue weighted by atomic mass is 10.0. The fourth-order valence-electron chi connectivity index (χ4n) is 2.89. The zero-order chi connectivity index (χ0) is 19.6. The van der Waals surface area contributed by atoms with Gasteiger partial charge in [-0.05, 0) is 45.4 Å². The van der Waals surface area contributed by atoms with Gasteiger partial charge in [0.2, 0.25) is 5.78 Å². The van der Waals surface area contributed by atoms with Crippen LogP contribution in [0.4, 0.5) is 0 Å². The Hall–Kier alpha value is -2.54. The van der Waals surface area contributed by atoms with Gasteiger partial charge in [-0.3, -0.25) is 13.8 Å². The van der Waals surface area contributed by atoms with Gasteiger partial charge in [0, 0.05) is 17.5 Å². The second-order valence-corrected chi connectivity index (χ2v) is 7.39. The third-order valence-electron chi connectivity index (χ3n) is 4.11. The molecular formula is C19H21NO5S. The molecule has 0 saturated carbocycles. The molecule has 1 heterocycles. The summed E-state index contributed by atoms with van der Waals surface area (Å²) in [5, 5.41) is 0. The molecule has 1 N–H and O–H groups in total. The number of hydrogen-bond acceptors (Lipinski definition) is 5. The van der Waals surface area contributed by atoms with Crippen LogP contribution in [-0.4, -0.2) is 39.1 Å². The number of H-pyrrole nitrogens is 1. The Balaban J connectivity index is 2.26. The van der Waals surface area contributed by atoms with Crippen molar-refractivity contribution < 1.29 is 23.3 Å². The predicted molar refractivity (Wildman–Crippen MR) is 98.3 cm³/mol. The van der Waals surface area contributed by atoms with Crippen LogP contribution in [0.1, 0.15) is 56.3 Å². The molecule has 138 valence electrons. The van der Waals surface area contributed by atoms with E-state index >= 15 is 0 Å². The Bertz CT molecular complexity index is 913. The number of Topliss-reactive ketones (excluding diaryl/α,β-unsaturated/α-hetero) is 2. The van der Waals surface area contributed by atoms with Gasteiger partial charge >= 0.3 is 5.97 Å². The molecule has 2 atom stereocenters. The number of carbonyl (C=O) groups excluding carboxylic acids is 3. The number of aromatic nitrogens is 1. The highest BCUT2D eigenvalue weighted by molar-refractivity contribution is 7.84. The zero-order valence-electron chi connectivity index (χ0n) is 15.3. The van der Waals surface area contributed by atoms with Crippen molar-refractivity contribution in [3.05, 3.63) is 52.3 Å². The highest BCUT2D eigenvalue weighted by atomic mass is 32.2. The molecule has 1 aromatic carbocycles. The summed E-state index contributed by atoms with van der Waals surface area (Å²) >= 11 is 0. The molecule has 1 aromatic heterocycles. The molecule has 0 spiro atoms. The number of ketones is 2. The van der Waals surface area contributed by atoms with Crippen LogP contribution in [0.2, 0.25) is 0 Å². The van der Waals surface area contributed by atoms with Gasteiger partial charge in [-0.25, -0.2) is 4.79 Å². The van der Waals surface area contributed by atoms with Crippen LogP contribution in [0.25, 0.3) is 0 Å². The van der Waals surface area contributed by atoms with Gasteiger partial charge < -0.3 is 9.72 Å². The van der Waals surface area contributed by atoms with Crippen molar-refractivity contribution >= 4 is 28.3 Å². The summed E-state index contributed by atoms with van der Waals surface area (Å²) in [6.07, 6.45) is 0.409. The Labute approximate surface area is 154 Å². The van der Waals surface area contributed by atoms with E-state index < -0.39 is 28.7 Å². The summed E-state index contributed by atoms with van der Waals surface area (Å²) in [6.45, 7) is 6.29. The van der Waals surface area contributed by atoms with Crippen LogP contribution in [0.15, 0.2) is 29.2 Å². The fourth-order valence-corrected chi connectivity index (χ4v) is 3.62. The minimum atomic E-state index is -1.36. The van der Waals surface area contributed by atoms with Gasteiger partial charge in [0.05, 0.1) is 27.0 Å². The lowest BCUT2D eigenvalue weighted by Gasteiger charge is -2.13. The quantitative estimate of drug-likeness (QED) is 0.619. The van der Waals surface area contributed by atoms with Gasteiger partial charge in [-0.2, -0.15) is 0 Å². The first-order valence-corrected chi connectivity index (χ1v) is 9.58. The smallest absolute Gasteiger partial charge is 0.340 e. The van der Waals surface area contributed by atoms with E-state index in [0.717, 1.165) is 0 Å². The first-order chi connectivity index (χ1) is 12.1. The van der Waals surface area contributed by atoms with Crippen molar-refractivity contribution in [2.24, 2.45) is 0 Å². The van der Waals surface area contributed by atoms with E-state index in [9.17, 15) is 18.6 Å². The van der Waals surface area contributed by atoms with Crippen LogP contribution < -0.4 is 0 Å². The van der Waals surface area contributed by atoms with Gasteiger partial charge in [-0.1, -0.05) is 12.1 Å². The average Bonchev–Trinajstić information content (AvgIpc) is 2.88. The van der Waals surface area contributed by atoms with E-state index in [2.05, 4.69) is 4.98 Å². The van der Waals surface area contributed by atoms with E-state index in [4.69, 9.17) is 4.74 Å². The Morgan fingerprint density at radius 3 is 2.31 bits per heavy atom. The summed E-state index contributed by atoms with van der Waals surface area (Å²) in [4.78, 5) is 40.0. The largest absolute Gasteiger partial charge is 0.451 e. The highest BCUT2D eigenvalue weighted by Gasteiger charge is 2.27. The SMILES string of the molecule is CC(=O)c1c(C)[nH]c(C(=O)[C@@H](C)OC(=O)c2ccccc2[S@](C)=O)c1C. The maximum Gasteiger partial charge on any atom is 0.340 e. The molecule has 0 aliphatic heterocycles. The number of benzene rings is 1. The molecule has 2 aromatic rings. The second kappa shape index (κ2) is 7.78. The van der Waals surface area contributed by atoms with Crippen LogP contribution in [0.3, 0.4) is 0 Å². The standard InChI is InChI=1S/C19H21NO5S/c1-10-16(12(3)21)11(2)20-17(10)18(22)13(4)25-19(23)14-8-6-7-9-15(14)26(5)24/h6-9,13,20H,1-5H3/t13-,26+/m1/s1. The number of ether oxygens (including phenoxy) is 1. The maximum atomic E-state index is 12.7.